The third-order valence-electron chi connectivity index (χ3n) is 7.65. The van der Waals surface area contributed by atoms with Crippen molar-refractivity contribution in [1.82, 2.24) is 0 Å². The van der Waals surface area contributed by atoms with E-state index in [2.05, 4.69) is 122 Å². The van der Waals surface area contributed by atoms with Crippen LogP contribution in [0.1, 0.15) is 11.1 Å². The van der Waals surface area contributed by atoms with Gasteiger partial charge in [-0.3, -0.25) is 0 Å². The zero-order valence-corrected chi connectivity index (χ0v) is 21.5. The van der Waals surface area contributed by atoms with E-state index in [9.17, 15) is 0 Å². The highest BCUT2D eigenvalue weighted by Crippen LogP contribution is 2.43. The summed E-state index contributed by atoms with van der Waals surface area (Å²) in [6, 6.07) is 42.7. The van der Waals surface area contributed by atoms with Crippen LogP contribution in [0.4, 0.5) is 0 Å². The Kier molecular flexibility index (Phi) is 5.49. The van der Waals surface area contributed by atoms with E-state index in [1.807, 2.05) is 24.3 Å². The van der Waals surface area contributed by atoms with Crippen LogP contribution < -0.4 is 0 Å². The summed E-state index contributed by atoms with van der Waals surface area (Å²) in [5, 5.41) is 4.69. The average Bonchev–Trinajstić information content (AvgIpc) is 3.38. The first-order chi connectivity index (χ1) is 19.3. The van der Waals surface area contributed by atoms with Crippen LogP contribution in [-0.4, -0.2) is 0 Å². The predicted octanol–water partition coefficient (Wildman–Crippen LogP) is 11.0. The normalized spacial score (nSPS) is 11.3. The van der Waals surface area contributed by atoms with Crippen LogP contribution in [0.5, 0.6) is 0 Å². The van der Waals surface area contributed by atoms with Crippen molar-refractivity contribution in [2.75, 3.05) is 0 Å². The van der Waals surface area contributed by atoms with Crippen molar-refractivity contribution in [2.45, 2.75) is 0 Å². The largest absolute Gasteiger partial charge is 0.456 e. The Morgan fingerprint density at radius 2 is 0.897 bits per heavy atom. The molecule has 184 valence electrons. The van der Waals surface area contributed by atoms with Gasteiger partial charge in [-0.2, -0.15) is 0 Å². The summed E-state index contributed by atoms with van der Waals surface area (Å²) in [6.07, 6.45) is 3.94. The molecular formula is C38H26O. The SMILES string of the molecule is C=Cc1c(C=C)c(-c2ccc(-c3ccc4oc5ccccc5c4c3)cc2)c2ccccc2c1-c1ccccc1. The molecule has 0 amide bonds. The van der Waals surface area contributed by atoms with Crippen LogP contribution in [-0.2, 0) is 0 Å². The van der Waals surface area contributed by atoms with E-state index >= 15 is 0 Å². The molecule has 6 aromatic carbocycles. The molecule has 0 aliphatic rings. The van der Waals surface area contributed by atoms with Crippen LogP contribution in [0, 0.1) is 0 Å². The molecule has 7 rings (SSSR count). The van der Waals surface area contributed by atoms with Gasteiger partial charge in [0.1, 0.15) is 11.2 Å². The minimum atomic E-state index is 0.911. The first kappa shape index (κ1) is 23.0. The second-order valence-electron chi connectivity index (χ2n) is 9.78. The molecule has 0 spiro atoms. The monoisotopic (exact) mass is 498 g/mol. The van der Waals surface area contributed by atoms with Crippen molar-refractivity contribution in [3.8, 4) is 33.4 Å². The predicted molar refractivity (Wildman–Crippen MR) is 168 cm³/mol. The van der Waals surface area contributed by atoms with Crippen molar-refractivity contribution >= 4 is 44.9 Å². The van der Waals surface area contributed by atoms with E-state index in [4.69, 9.17) is 4.42 Å². The fourth-order valence-electron chi connectivity index (χ4n) is 5.86. The van der Waals surface area contributed by atoms with E-state index in [1.54, 1.807) is 0 Å². The van der Waals surface area contributed by atoms with Gasteiger partial charge in [-0.25, -0.2) is 0 Å². The summed E-state index contributed by atoms with van der Waals surface area (Å²) in [6.45, 7) is 8.43. The summed E-state index contributed by atoms with van der Waals surface area (Å²) in [7, 11) is 0. The molecule has 39 heavy (non-hydrogen) atoms. The lowest BCUT2D eigenvalue weighted by atomic mass is 9.83. The lowest BCUT2D eigenvalue weighted by Gasteiger charge is -2.20. The second-order valence-corrected chi connectivity index (χ2v) is 9.78. The molecule has 7 aromatic rings. The molecule has 0 saturated heterocycles. The molecule has 1 aromatic heterocycles. The highest BCUT2D eigenvalue weighted by atomic mass is 16.3. The molecule has 1 heteroatoms. The lowest BCUT2D eigenvalue weighted by molar-refractivity contribution is 0.669. The summed E-state index contributed by atoms with van der Waals surface area (Å²) in [4.78, 5) is 0. The number of benzene rings is 6. The molecular weight excluding hydrogens is 472 g/mol. The van der Waals surface area contributed by atoms with E-state index in [1.165, 1.54) is 38.6 Å². The van der Waals surface area contributed by atoms with Gasteiger partial charge in [0.15, 0.2) is 0 Å². The summed E-state index contributed by atoms with van der Waals surface area (Å²) in [5.74, 6) is 0. The summed E-state index contributed by atoms with van der Waals surface area (Å²) >= 11 is 0. The van der Waals surface area contributed by atoms with Gasteiger partial charge in [-0.15, -0.1) is 0 Å². The van der Waals surface area contributed by atoms with Gasteiger partial charge in [-0.05, 0) is 73.5 Å². The Morgan fingerprint density at radius 1 is 0.410 bits per heavy atom. The molecule has 0 N–H and O–H groups in total. The maximum atomic E-state index is 6.03. The van der Waals surface area contributed by atoms with Gasteiger partial charge in [0.05, 0.1) is 0 Å². The molecule has 0 fully saturated rings. The summed E-state index contributed by atoms with van der Waals surface area (Å²) < 4.78 is 6.03. The molecule has 1 heterocycles. The molecule has 1 nitrogen and oxygen atoms in total. The van der Waals surface area contributed by atoms with E-state index in [0.29, 0.717) is 0 Å². The van der Waals surface area contributed by atoms with Gasteiger partial charge in [0.2, 0.25) is 0 Å². The third-order valence-corrected chi connectivity index (χ3v) is 7.65. The second kappa shape index (κ2) is 9.31. The fraction of sp³-hybridized carbons (Fsp3) is 0. The maximum Gasteiger partial charge on any atom is 0.135 e. The summed E-state index contributed by atoms with van der Waals surface area (Å²) in [5.41, 5.74) is 11.1. The molecule has 0 radical (unpaired) electrons. The Hall–Kier alpha value is -5.14. The van der Waals surface area contributed by atoms with E-state index in [0.717, 1.165) is 38.6 Å². The van der Waals surface area contributed by atoms with Crippen LogP contribution in [0.2, 0.25) is 0 Å². The Balaban J connectivity index is 1.40. The van der Waals surface area contributed by atoms with Crippen LogP contribution >= 0.6 is 0 Å². The van der Waals surface area contributed by atoms with Crippen molar-refractivity contribution in [2.24, 2.45) is 0 Å². The minimum absolute atomic E-state index is 0.911. The molecule has 0 bridgehead atoms. The van der Waals surface area contributed by atoms with Gasteiger partial charge in [0.25, 0.3) is 0 Å². The van der Waals surface area contributed by atoms with Gasteiger partial charge in [-0.1, -0.05) is 128 Å². The number of rotatable bonds is 5. The number of furan rings is 1. The van der Waals surface area contributed by atoms with Gasteiger partial charge in [0, 0.05) is 10.8 Å². The molecule has 0 saturated carbocycles. The first-order valence-corrected chi connectivity index (χ1v) is 13.2. The fourth-order valence-corrected chi connectivity index (χ4v) is 5.86. The molecule has 0 unspecified atom stereocenters. The number of para-hydroxylation sites is 1. The molecule has 0 aliphatic heterocycles. The number of hydrogen-bond donors (Lipinski definition) is 0. The van der Waals surface area contributed by atoms with Crippen molar-refractivity contribution in [1.29, 1.82) is 0 Å². The minimum Gasteiger partial charge on any atom is -0.456 e. The molecule has 0 aliphatic carbocycles. The van der Waals surface area contributed by atoms with Crippen LogP contribution in [0.3, 0.4) is 0 Å². The van der Waals surface area contributed by atoms with Gasteiger partial charge < -0.3 is 4.42 Å². The zero-order valence-electron chi connectivity index (χ0n) is 21.5. The van der Waals surface area contributed by atoms with E-state index in [-0.39, 0.29) is 0 Å². The standard InChI is InChI=1S/C38H26O/c1-3-29-30(4-2)38(33-16-9-8-15-32(33)37(29)26-12-6-5-7-13-26)27-20-18-25(19-21-27)28-22-23-36-34(24-28)31-14-10-11-17-35(31)39-36/h3-24H,1-2H2. The van der Waals surface area contributed by atoms with Crippen molar-refractivity contribution in [3.05, 3.63) is 146 Å². The maximum absolute atomic E-state index is 6.03. The topological polar surface area (TPSA) is 13.1 Å². The Bertz CT molecular complexity index is 2020. The first-order valence-electron chi connectivity index (χ1n) is 13.2. The van der Waals surface area contributed by atoms with Gasteiger partial charge >= 0.3 is 0 Å². The smallest absolute Gasteiger partial charge is 0.135 e. The Morgan fingerprint density at radius 3 is 1.54 bits per heavy atom. The number of hydrogen-bond acceptors (Lipinski definition) is 1. The van der Waals surface area contributed by atoms with Crippen LogP contribution in [0.25, 0.3) is 78.2 Å². The highest BCUT2D eigenvalue weighted by molar-refractivity contribution is 6.12. The zero-order chi connectivity index (χ0) is 26.3. The van der Waals surface area contributed by atoms with Crippen molar-refractivity contribution < 1.29 is 4.42 Å². The van der Waals surface area contributed by atoms with Crippen molar-refractivity contribution in [3.63, 3.8) is 0 Å². The average molecular weight is 499 g/mol. The lowest BCUT2D eigenvalue weighted by Crippen LogP contribution is -1.96. The number of fused-ring (bicyclic) bond motifs is 4. The third kappa shape index (κ3) is 3.71. The molecule has 0 atom stereocenters. The van der Waals surface area contributed by atoms with E-state index < -0.39 is 0 Å². The Labute approximate surface area is 228 Å². The van der Waals surface area contributed by atoms with Crippen LogP contribution in [0.15, 0.2) is 139 Å². The quantitative estimate of drug-likeness (QED) is 0.230. The highest BCUT2D eigenvalue weighted by Gasteiger charge is 2.18.